The van der Waals surface area contributed by atoms with Crippen molar-refractivity contribution in [3.05, 3.63) is 94.6 Å². The van der Waals surface area contributed by atoms with Gasteiger partial charge in [0.2, 0.25) is 0 Å². The molecule has 3 aromatic rings. The third-order valence-corrected chi connectivity index (χ3v) is 5.78. The van der Waals surface area contributed by atoms with Crippen LogP contribution in [0.4, 0.5) is 23.7 Å². The molecule has 1 aliphatic heterocycles. The van der Waals surface area contributed by atoms with Crippen LogP contribution in [0.5, 0.6) is 0 Å². The summed E-state index contributed by atoms with van der Waals surface area (Å²) in [5, 5.41) is 0.625. The number of urea groups is 1. The number of alkyl halides is 3. The van der Waals surface area contributed by atoms with Crippen LogP contribution < -0.4 is 4.90 Å². The smallest absolute Gasteiger partial charge is 0.323 e. The van der Waals surface area contributed by atoms with Gasteiger partial charge in [-0.25, -0.2) is 4.79 Å². The molecule has 1 heterocycles. The molecule has 164 valence electrons. The van der Waals surface area contributed by atoms with Crippen molar-refractivity contribution in [1.29, 1.82) is 0 Å². The summed E-state index contributed by atoms with van der Waals surface area (Å²) in [6.45, 7) is 2.10. The maximum atomic E-state index is 13.3. The molecule has 0 saturated carbocycles. The monoisotopic (exact) mass is 456 g/mol. The van der Waals surface area contributed by atoms with Gasteiger partial charge in [-0.2, -0.15) is 13.2 Å². The van der Waals surface area contributed by atoms with Gasteiger partial charge in [0, 0.05) is 24.3 Å². The van der Waals surface area contributed by atoms with Crippen molar-refractivity contribution in [2.75, 3.05) is 18.5 Å². The highest BCUT2D eigenvalue weighted by atomic mass is 35.5. The predicted molar refractivity (Wildman–Crippen MR) is 121 cm³/mol. The van der Waals surface area contributed by atoms with Crippen LogP contribution in [-0.2, 0) is 6.18 Å². The van der Waals surface area contributed by atoms with E-state index in [0.717, 1.165) is 34.4 Å². The Morgan fingerprint density at radius 3 is 2.22 bits per heavy atom. The number of likely N-dealkylation sites (N-methyl/N-ethyl adjacent to an activating group) is 1. The molecule has 0 unspecified atom stereocenters. The molecule has 0 bridgehead atoms. The first-order chi connectivity index (χ1) is 15.2. The highest BCUT2D eigenvalue weighted by Crippen LogP contribution is 2.38. The Bertz CT molecular complexity index is 1200. The summed E-state index contributed by atoms with van der Waals surface area (Å²) in [4.78, 5) is 15.8. The molecule has 0 aromatic heterocycles. The van der Waals surface area contributed by atoms with Gasteiger partial charge in [0.25, 0.3) is 0 Å². The largest absolute Gasteiger partial charge is 0.416 e. The SMILES string of the molecule is CC1=C(c2ccccc2-c2ccc(Cl)cc2)CN(C)C(=O)N1c1cccc(C(F)(F)F)c1. The highest BCUT2D eigenvalue weighted by Gasteiger charge is 2.34. The number of hydrogen-bond acceptors (Lipinski definition) is 1. The molecule has 0 N–H and O–H groups in total. The third-order valence-electron chi connectivity index (χ3n) is 5.52. The van der Waals surface area contributed by atoms with Crippen molar-refractivity contribution < 1.29 is 18.0 Å². The van der Waals surface area contributed by atoms with Crippen LogP contribution in [0.25, 0.3) is 16.7 Å². The van der Waals surface area contributed by atoms with Crippen LogP contribution >= 0.6 is 11.6 Å². The van der Waals surface area contributed by atoms with E-state index in [1.807, 2.05) is 36.4 Å². The van der Waals surface area contributed by atoms with Crippen LogP contribution in [0.15, 0.2) is 78.5 Å². The van der Waals surface area contributed by atoms with E-state index in [1.54, 1.807) is 26.1 Å². The van der Waals surface area contributed by atoms with Gasteiger partial charge in [-0.3, -0.25) is 4.90 Å². The molecule has 2 amide bonds. The topological polar surface area (TPSA) is 23.6 Å². The van der Waals surface area contributed by atoms with E-state index in [9.17, 15) is 18.0 Å². The normalized spacial score (nSPS) is 14.9. The van der Waals surface area contributed by atoms with Gasteiger partial charge in [-0.05, 0) is 59.5 Å². The second-order valence-corrected chi connectivity index (χ2v) is 8.08. The molecule has 0 saturated heterocycles. The highest BCUT2D eigenvalue weighted by molar-refractivity contribution is 6.30. The van der Waals surface area contributed by atoms with Crippen molar-refractivity contribution >= 4 is 28.9 Å². The number of amides is 2. The zero-order valence-electron chi connectivity index (χ0n) is 17.4. The minimum absolute atomic E-state index is 0.176. The molecule has 3 aromatic carbocycles. The van der Waals surface area contributed by atoms with Crippen LogP contribution in [0.2, 0.25) is 5.02 Å². The van der Waals surface area contributed by atoms with Gasteiger partial charge in [0.15, 0.2) is 0 Å². The lowest BCUT2D eigenvalue weighted by Crippen LogP contribution is -2.45. The fraction of sp³-hybridized carbons (Fsp3) is 0.160. The summed E-state index contributed by atoms with van der Waals surface area (Å²) in [5.41, 5.74) is 3.63. The number of anilines is 1. The molecule has 0 atom stereocenters. The van der Waals surface area contributed by atoms with E-state index >= 15 is 0 Å². The first-order valence-electron chi connectivity index (χ1n) is 9.94. The lowest BCUT2D eigenvalue weighted by molar-refractivity contribution is -0.137. The molecule has 4 rings (SSSR count). The summed E-state index contributed by atoms with van der Waals surface area (Å²) in [6, 6.07) is 19.6. The maximum absolute atomic E-state index is 13.3. The molecule has 3 nitrogen and oxygen atoms in total. The second kappa shape index (κ2) is 8.36. The molecule has 7 heteroatoms. The number of carbonyl (C=O) groups is 1. The van der Waals surface area contributed by atoms with Gasteiger partial charge < -0.3 is 4.90 Å². The summed E-state index contributed by atoms with van der Waals surface area (Å²) >= 11 is 6.04. The van der Waals surface area contributed by atoms with E-state index in [1.165, 1.54) is 21.9 Å². The Hall–Kier alpha value is -3.25. The number of benzene rings is 3. The van der Waals surface area contributed by atoms with Gasteiger partial charge in [0.05, 0.1) is 11.3 Å². The summed E-state index contributed by atoms with van der Waals surface area (Å²) in [7, 11) is 1.64. The number of nitrogens with zero attached hydrogens (tertiary/aromatic N) is 2. The van der Waals surface area contributed by atoms with E-state index in [2.05, 4.69) is 0 Å². The minimum Gasteiger partial charge on any atom is -0.323 e. The Kier molecular flexibility index (Phi) is 5.73. The van der Waals surface area contributed by atoms with Crippen molar-refractivity contribution in [1.82, 2.24) is 4.90 Å². The summed E-state index contributed by atoms with van der Waals surface area (Å²) in [5.74, 6) is 0. The van der Waals surface area contributed by atoms with Crippen LogP contribution in [0, 0.1) is 0 Å². The molecule has 0 aliphatic carbocycles. The minimum atomic E-state index is -4.50. The zero-order chi connectivity index (χ0) is 23.0. The van der Waals surface area contributed by atoms with E-state index < -0.39 is 11.7 Å². The maximum Gasteiger partial charge on any atom is 0.416 e. The predicted octanol–water partition coefficient (Wildman–Crippen LogP) is 7.33. The average molecular weight is 457 g/mol. The number of rotatable bonds is 3. The Morgan fingerprint density at radius 2 is 1.56 bits per heavy atom. The zero-order valence-corrected chi connectivity index (χ0v) is 18.2. The lowest BCUT2D eigenvalue weighted by Gasteiger charge is -2.37. The Labute approximate surface area is 189 Å². The van der Waals surface area contributed by atoms with Crippen molar-refractivity contribution in [3.8, 4) is 11.1 Å². The number of hydrogen-bond donors (Lipinski definition) is 0. The quantitative estimate of drug-likeness (QED) is 0.404. The fourth-order valence-corrected chi connectivity index (χ4v) is 4.03. The van der Waals surface area contributed by atoms with Crippen LogP contribution in [0.1, 0.15) is 18.1 Å². The number of halogens is 4. The second-order valence-electron chi connectivity index (χ2n) is 7.64. The Morgan fingerprint density at radius 1 is 0.906 bits per heavy atom. The number of carbonyl (C=O) groups excluding carboxylic acids is 1. The van der Waals surface area contributed by atoms with Crippen molar-refractivity contribution in [3.63, 3.8) is 0 Å². The van der Waals surface area contributed by atoms with E-state index in [0.29, 0.717) is 17.3 Å². The summed E-state index contributed by atoms with van der Waals surface area (Å²) in [6.07, 6.45) is -4.50. The molecule has 0 spiro atoms. The standard InChI is InChI=1S/C25H20ClF3N2O/c1-16-23(22-9-4-3-8-21(22)17-10-12-19(26)13-11-17)15-30(2)24(32)31(16)20-7-5-6-18(14-20)25(27,28)29/h3-14H,15H2,1-2H3. The Balaban J connectivity index is 1.87. The van der Waals surface area contributed by atoms with Gasteiger partial charge >= 0.3 is 12.2 Å². The van der Waals surface area contributed by atoms with E-state index in [4.69, 9.17) is 11.6 Å². The van der Waals surface area contributed by atoms with Crippen LogP contribution in [0.3, 0.4) is 0 Å². The molecular formula is C25H20ClF3N2O. The average Bonchev–Trinajstić information content (AvgIpc) is 2.77. The third kappa shape index (κ3) is 4.10. The fourth-order valence-electron chi connectivity index (χ4n) is 3.90. The van der Waals surface area contributed by atoms with Gasteiger partial charge in [-0.1, -0.05) is 54.1 Å². The molecular weight excluding hydrogens is 437 g/mol. The summed E-state index contributed by atoms with van der Waals surface area (Å²) < 4.78 is 39.8. The van der Waals surface area contributed by atoms with Gasteiger partial charge in [-0.15, -0.1) is 0 Å². The first-order valence-corrected chi connectivity index (χ1v) is 10.3. The molecule has 0 radical (unpaired) electrons. The first kappa shape index (κ1) is 22.0. The molecule has 1 aliphatic rings. The van der Waals surface area contributed by atoms with Crippen molar-refractivity contribution in [2.45, 2.75) is 13.1 Å². The number of allylic oxidation sites excluding steroid dienone is 1. The molecule has 0 fully saturated rings. The van der Waals surface area contributed by atoms with Crippen molar-refractivity contribution in [2.24, 2.45) is 0 Å². The molecule has 32 heavy (non-hydrogen) atoms. The lowest BCUT2D eigenvalue weighted by atomic mass is 9.92. The van der Waals surface area contributed by atoms with Crippen LogP contribution in [-0.4, -0.2) is 24.5 Å². The van der Waals surface area contributed by atoms with E-state index in [-0.39, 0.29) is 11.7 Å². The van der Waals surface area contributed by atoms with Gasteiger partial charge in [0.1, 0.15) is 0 Å².